The quantitative estimate of drug-likeness (QED) is 0.0271. The minimum Gasteiger partial charge on any atom is -0.462 e. The van der Waals surface area contributed by atoms with Crippen LogP contribution < -0.4 is 5.32 Å². The predicted octanol–water partition coefficient (Wildman–Crippen LogP) is 12.8. The van der Waals surface area contributed by atoms with Crippen LogP contribution in [-0.4, -0.2) is 56.3 Å². The van der Waals surface area contributed by atoms with Crippen molar-refractivity contribution < 1.29 is 37.6 Å². The van der Waals surface area contributed by atoms with E-state index in [0.29, 0.717) is 19.4 Å². The molecule has 0 heterocycles. The highest BCUT2D eigenvalue weighted by atomic mass is 31.2. The largest absolute Gasteiger partial charge is 0.472 e. The summed E-state index contributed by atoms with van der Waals surface area (Å²) < 4.78 is 33.0. The fourth-order valence-corrected chi connectivity index (χ4v) is 5.53. The summed E-state index contributed by atoms with van der Waals surface area (Å²) in [6.45, 7) is 3.78. The van der Waals surface area contributed by atoms with E-state index in [0.717, 1.165) is 77.0 Å². The van der Waals surface area contributed by atoms with Gasteiger partial charge >= 0.3 is 19.8 Å². The number of likely N-dealkylation sites (N-methyl/N-ethyl adjacent to an activating group) is 1. The Labute approximate surface area is 363 Å². The monoisotopic (exact) mass is 850 g/mol. The number of allylic oxidation sites excluding steroid dienone is 24. The molecule has 0 aromatic carbocycles. The molecule has 0 amide bonds. The van der Waals surface area contributed by atoms with Crippen LogP contribution in [0.4, 0.5) is 0 Å². The summed E-state index contributed by atoms with van der Waals surface area (Å²) in [4.78, 5) is 35.0. The maximum absolute atomic E-state index is 12.6. The number of esters is 2. The summed E-state index contributed by atoms with van der Waals surface area (Å²) in [5.41, 5.74) is 0. The van der Waals surface area contributed by atoms with Gasteiger partial charge in [0.1, 0.15) is 6.61 Å². The molecule has 0 aliphatic carbocycles. The Hall–Kier alpha value is -4.11. The maximum atomic E-state index is 12.6. The first-order chi connectivity index (χ1) is 29.3. The molecule has 0 aromatic heterocycles. The van der Waals surface area contributed by atoms with E-state index < -0.39 is 32.5 Å². The summed E-state index contributed by atoms with van der Waals surface area (Å²) in [6, 6.07) is 0. The molecule has 0 bridgehead atoms. The molecule has 0 rings (SSSR count). The third kappa shape index (κ3) is 43.5. The van der Waals surface area contributed by atoms with Gasteiger partial charge in [0.2, 0.25) is 0 Å². The molecule has 2 atom stereocenters. The lowest BCUT2D eigenvalue weighted by Gasteiger charge is -2.19. The summed E-state index contributed by atoms with van der Waals surface area (Å²) in [6.07, 6.45) is 62.1. The smallest absolute Gasteiger partial charge is 0.462 e. The van der Waals surface area contributed by atoms with Gasteiger partial charge in [-0.05, 0) is 96.9 Å². The number of phosphoric acid groups is 1. The van der Waals surface area contributed by atoms with Gasteiger partial charge in [0.25, 0.3) is 0 Å². The highest BCUT2D eigenvalue weighted by Crippen LogP contribution is 2.43. The highest BCUT2D eigenvalue weighted by Gasteiger charge is 2.25. The molecule has 0 saturated carbocycles. The van der Waals surface area contributed by atoms with Crippen molar-refractivity contribution in [1.29, 1.82) is 0 Å². The second-order valence-corrected chi connectivity index (χ2v) is 14.9. The molecular formula is C50H76NO8P. The fraction of sp³-hybridized carbons (Fsp3) is 0.480. The molecule has 0 fully saturated rings. The molecule has 2 unspecified atom stereocenters. The standard InChI is InChI=1S/C50H76NO8P/c1-4-6-8-10-12-14-16-18-20-22-24-26-28-30-32-34-36-38-40-42-49(52)56-46-48(47-58-60(54,55)57-45-44-51-3)59-50(53)43-41-39-37-35-33-31-29-27-25-23-21-19-17-15-13-11-9-7-5-2/h6-9,12-15,18-21,24-27,30-33,36-39,48,51H,4-5,10-11,16-17,22-23,28-29,34-35,40-47H2,1-3H3,(H,54,55)/b8-6-,9-7-,14-12-,15-13-,20-18-,21-19-,26-24-,27-25-,32-30-,33-31-,38-36-,39-37-. The second-order valence-electron chi connectivity index (χ2n) is 13.4. The number of rotatable bonds is 38. The van der Waals surface area contributed by atoms with Gasteiger partial charge in [0.05, 0.1) is 13.2 Å². The van der Waals surface area contributed by atoms with E-state index in [9.17, 15) is 19.0 Å². The Bertz CT molecular complexity index is 1480. The average Bonchev–Trinajstić information content (AvgIpc) is 3.23. The first-order valence-electron chi connectivity index (χ1n) is 21.8. The Balaban J connectivity index is 4.51. The van der Waals surface area contributed by atoms with E-state index in [1.165, 1.54) is 0 Å². The van der Waals surface area contributed by atoms with Crippen molar-refractivity contribution in [3.63, 3.8) is 0 Å². The summed E-state index contributed by atoms with van der Waals surface area (Å²) >= 11 is 0. The Kier molecular flexibility index (Phi) is 41.4. The van der Waals surface area contributed by atoms with Crippen LogP contribution in [0, 0.1) is 0 Å². The number of hydrogen-bond acceptors (Lipinski definition) is 8. The van der Waals surface area contributed by atoms with Gasteiger partial charge in [-0.15, -0.1) is 0 Å². The molecule has 0 saturated heterocycles. The van der Waals surface area contributed by atoms with Crippen LogP contribution >= 0.6 is 7.82 Å². The number of carbonyl (C=O) groups excluding carboxylic acids is 2. The van der Waals surface area contributed by atoms with Crippen molar-refractivity contribution in [3.05, 3.63) is 146 Å². The fourth-order valence-electron chi connectivity index (χ4n) is 4.78. The molecule has 9 nitrogen and oxygen atoms in total. The van der Waals surface area contributed by atoms with Gasteiger partial charge in [0, 0.05) is 19.4 Å². The molecule has 0 aliphatic rings. The van der Waals surface area contributed by atoms with E-state index >= 15 is 0 Å². The van der Waals surface area contributed by atoms with Gasteiger partial charge < -0.3 is 19.7 Å². The third-order valence-corrected chi connectivity index (χ3v) is 8.97. The minimum atomic E-state index is -4.40. The summed E-state index contributed by atoms with van der Waals surface area (Å²) in [5.74, 6) is -1.02. The number of phosphoric ester groups is 1. The number of nitrogens with one attached hydrogen (secondary N) is 1. The topological polar surface area (TPSA) is 120 Å². The maximum Gasteiger partial charge on any atom is 0.472 e. The van der Waals surface area contributed by atoms with Crippen molar-refractivity contribution in [1.82, 2.24) is 5.32 Å². The lowest BCUT2D eigenvalue weighted by molar-refractivity contribution is -0.161. The molecule has 60 heavy (non-hydrogen) atoms. The molecular weight excluding hydrogens is 774 g/mol. The van der Waals surface area contributed by atoms with Crippen LogP contribution in [0.2, 0.25) is 0 Å². The number of hydrogen-bond donors (Lipinski definition) is 2. The SMILES string of the molecule is CC/C=C\C/C=C\C/C=C\C/C=C\C/C=C\C/C=C\CCC(=O)OCC(COP(=O)(O)OCCNC)OC(=O)CC/C=C\C/C=C\C/C=C\C/C=C\C/C=C\C/C=C\CC. The van der Waals surface area contributed by atoms with Crippen molar-refractivity contribution in [2.75, 3.05) is 33.4 Å². The first kappa shape index (κ1) is 55.9. The van der Waals surface area contributed by atoms with Gasteiger partial charge in [-0.2, -0.15) is 0 Å². The molecule has 0 spiro atoms. The van der Waals surface area contributed by atoms with Gasteiger partial charge in [0.15, 0.2) is 6.10 Å². The minimum absolute atomic E-state index is 0.0513. The third-order valence-electron chi connectivity index (χ3n) is 7.98. The molecule has 0 radical (unpaired) electrons. The van der Waals surface area contributed by atoms with E-state index in [4.69, 9.17) is 18.5 Å². The van der Waals surface area contributed by atoms with Crippen LogP contribution in [0.1, 0.15) is 117 Å². The van der Waals surface area contributed by atoms with Crippen LogP contribution in [-0.2, 0) is 32.7 Å². The van der Waals surface area contributed by atoms with Crippen molar-refractivity contribution in [2.45, 2.75) is 123 Å². The zero-order valence-corrected chi connectivity index (χ0v) is 37.7. The summed E-state index contributed by atoms with van der Waals surface area (Å²) in [7, 11) is -2.72. The first-order valence-corrected chi connectivity index (χ1v) is 23.3. The highest BCUT2D eigenvalue weighted by molar-refractivity contribution is 7.47. The molecule has 2 N–H and O–H groups in total. The van der Waals surface area contributed by atoms with Crippen molar-refractivity contribution in [3.8, 4) is 0 Å². The van der Waals surface area contributed by atoms with Gasteiger partial charge in [-0.3, -0.25) is 18.6 Å². The van der Waals surface area contributed by atoms with Gasteiger partial charge in [-0.25, -0.2) is 4.57 Å². The van der Waals surface area contributed by atoms with E-state index in [1.807, 2.05) is 24.3 Å². The Morgan fingerprint density at radius 1 is 0.500 bits per heavy atom. The number of ether oxygens (including phenoxy) is 2. The van der Waals surface area contributed by atoms with Crippen molar-refractivity contribution in [2.24, 2.45) is 0 Å². The zero-order valence-electron chi connectivity index (χ0n) is 36.8. The number of carbonyl (C=O) groups is 2. The lowest BCUT2D eigenvalue weighted by atomic mass is 10.2. The summed E-state index contributed by atoms with van der Waals surface area (Å²) in [5, 5.41) is 2.80. The second kappa shape index (κ2) is 44.4. The van der Waals surface area contributed by atoms with E-state index in [-0.39, 0.29) is 26.1 Å². The zero-order chi connectivity index (χ0) is 43.9. The van der Waals surface area contributed by atoms with Gasteiger partial charge in [-0.1, -0.05) is 160 Å². The van der Waals surface area contributed by atoms with E-state index in [1.54, 1.807) is 7.05 Å². The molecule has 10 heteroatoms. The average molecular weight is 850 g/mol. The lowest BCUT2D eigenvalue weighted by Crippen LogP contribution is -2.29. The normalized spacial score (nSPS) is 14.7. The molecule has 0 aromatic rings. The van der Waals surface area contributed by atoms with Crippen LogP contribution in [0.5, 0.6) is 0 Å². The Morgan fingerprint density at radius 3 is 1.18 bits per heavy atom. The van der Waals surface area contributed by atoms with E-state index in [2.05, 4.69) is 141 Å². The van der Waals surface area contributed by atoms with Crippen LogP contribution in [0.25, 0.3) is 0 Å². The molecule has 0 aliphatic heterocycles. The predicted molar refractivity (Wildman–Crippen MR) is 251 cm³/mol. The molecule has 334 valence electrons. The van der Waals surface area contributed by atoms with Crippen LogP contribution in [0.3, 0.4) is 0 Å². The van der Waals surface area contributed by atoms with Crippen LogP contribution in [0.15, 0.2) is 146 Å². The Morgan fingerprint density at radius 2 is 0.833 bits per heavy atom. The van der Waals surface area contributed by atoms with Crippen molar-refractivity contribution >= 4 is 19.8 Å².